The normalized spacial score (nSPS) is 10.4. The fraction of sp³-hybridized carbons (Fsp3) is 0.105. The van der Waals surface area contributed by atoms with Crippen LogP contribution in [0.1, 0.15) is 5.56 Å². The smallest absolute Gasteiger partial charge is 0.221 e. The molecule has 3 rings (SSSR count). The lowest BCUT2D eigenvalue weighted by atomic mass is 9.93. The zero-order chi connectivity index (χ0) is 14.7. The highest BCUT2D eigenvalue weighted by molar-refractivity contribution is 5.88. The Morgan fingerprint density at radius 3 is 1.81 bits per heavy atom. The number of aryl methyl sites for hydroxylation is 1. The Bertz CT molecular complexity index is 736. The Morgan fingerprint density at radius 1 is 0.762 bits per heavy atom. The van der Waals surface area contributed by atoms with E-state index in [-0.39, 0.29) is 0 Å². The second kappa shape index (κ2) is 5.80. The average Bonchev–Trinajstić information content (AvgIpc) is 2.56. The largest absolute Gasteiger partial charge is 0.481 e. The van der Waals surface area contributed by atoms with Gasteiger partial charge in [0.25, 0.3) is 0 Å². The van der Waals surface area contributed by atoms with Crippen molar-refractivity contribution in [1.29, 1.82) is 0 Å². The van der Waals surface area contributed by atoms with Crippen LogP contribution in [0.2, 0.25) is 0 Å². The summed E-state index contributed by atoms with van der Waals surface area (Å²) in [5.41, 5.74) is 5.65. The van der Waals surface area contributed by atoms with Crippen LogP contribution >= 0.6 is 0 Å². The zero-order valence-corrected chi connectivity index (χ0v) is 12.2. The van der Waals surface area contributed by atoms with Gasteiger partial charge in [-0.05, 0) is 29.2 Å². The first kappa shape index (κ1) is 13.4. The highest BCUT2D eigenvalue weighted by Crippen LogP contribution is 2.39. The van der Waals surface area contributed by atoms with E-state index in [1.807, 2.05) is 30.5 Å². The Morgan fingerprint density at radius 2 is 1.29 bits per heavy atom. The molecular weight excluding hydrogens is 258 g/mol. The molecule has 0 spiro atoms. The van der Waals surface area contributed by atoms with E-state index in [0.29, 0.717) is 5.88 Å². The van der Waals surface area contributed by atoms with Crippen molar-refractivity contribution in [2.24, 2.45) is 0 Å². The van der Waals surface area contributed by atoms with E-state index >= 15 is 0 Å². The molecule has 0 saturated heterocycles. The van der Waals surface area contributed by atoms with E-state index in [2.05, 4.69) is 48.3 Å². The average molecular weight is 275 g/mol. The van der Waals surface area contributed by atoms with Crippen molar-refractivity contribution in [1.82, 2.24) is 4.98 Å². The molecule has 0 unspecified atom stereocenters. The third kappa shape index (κ3) is 2.52. The first-order valence-electron chi connectivity index (χ1n) is 6.95. The Kier molecular flexibility index (Phi) is 3.69. The molecular formula is C19H17NO. The highest BCUT2D eigenvalue weighted by Gasteiger charge is 2.16. The molecule has 2 aromatic carbocycles. The van der Waals surface area contributed by atoms with Gasteiger partial charge in [0.2, 0.25) is 5.88 Å². The number of methoxy groups -OCH3 is 1. The van der Waals surface area contributed by atoms with Crippen LogP contribution in [0.3, 0.4) is 0 Å². The monoisotopic (exact) mass is 275 g/mol. The Hall–Kier alpha value is -2.61. The van der Waals surface area contributed by atoms with Gasteiger partial charge in [-0.1, -0.05) is 60.7 Å². The van der Waals surface area contributed by atoms with Gasteiger partial charge in [0.1, 0.15) is 0 Å². The molecule has 3 aromatic rings. The molecule has 0 aliphatic heterocycles. The molecule has 2 nitrogen and oxygen atoms in total. The summed E-state index contributed by atoms with van der Waals surface area (Å²) in [5, 5.41) is 0. The summed E-state index contributed by atoms with van der Waals surface area (Å²) in [7, 11) is 1.67. The molecule has 0 amide bonds. The molecule has 0 aliphatic rings. The Balaban J connectivity index is 2.33. The zero-order valence-electron chi connectivity index (χ0n) is 12.2. The van der Waals surface area contributed by atoms with Crippen molar-refractivity contribution in [3.8, 4) is 28.1 Å². The van der Waals surface area contributed by atoms with Crippen molar-refractivity contribution < 1.29 is 4.74 Å². The van der Waals surface area contributed by atoms with Crippen LogP contribution in [0.5, 0.6) is 5.88 Å². The number of nitrogens with zero attached hydrogens (tertiary/aromatic N) is 1. The SMILES string of the molecule is COc1ncc(C)c(-c2ccccc2)c1-c1ccccc1. The Labute approximate surface area is 125 Å². The number of pyridine rings is 1. The molecule has 2 heteroatoms. The second-order valence-corrected chi connectivity index (χ2v) is 4.93. The van der Waals surface area contributed by atoms with Crippen LogP contribution in [0.25, 0.3) is 22.3 Å². The molecule has 0 radical (unpaired) electrons. The minimum absolute atomic E-state index is 0.658. The van der Waals surface area contributed by atoms with E-state index < -0.39 is 0 Å². The number of rotatable bonds is 3. The third-order valence-electron chi connectivity index (χ3n) is 3.55. The molecule has 1 aromatic heterocycles. The van der Waals surface area contributed by atoms with Crippen LogP contribution in [0.4, 0.5) is 0 Å². The van der Waals surface area contributed by atoms with E-state index in [1.165, 1.54) is 11.1 Å². The first-order valence-corrected chi connectivity index (χ1v) is 6.95. The summed E-state index contributed by atoms with van der Waals surface area (Å²) in [6.07, 6.45) is 1.87. The minimum atomic E-state index is 0.658. The molecule has 0 bridgehead atoms. The van der Waals surface area contributed by atoms with Crippen LogP contribution in [-0.4, -0.2) is 12.1 Å². The molecule has 0 N–H and O–H groups in total. The highest BCUT2D eigenvalue weighted by atomic mass is 16.5. The van der Waals surface area contributed by atoms with Gasteiger partial charge in [-0.15, -0.1) is 0 Å². The van der Waals surface area contributed by atoms with E-state index in [4.69, 9.17) is 4.74 Å². The number of hydrogen-bond acceptors (Lipinski definition) is 2. The topological polar surface area (TPSA) is 22.1 Å². The van der Waals surface area contributed by atoms with Gasteiger partial charge in [0.05, 0.1) is 12.7 Å². The molecule has 1 heterocycles. The minimum Gasteiger partial charge on any atom is -0.481 e. The van der Waals surface area contributed by atoms with Gasteiger partial charge in [0.15, 0.2) is 0 Å². The number of hydrogen-bond donors (Lipinski definition) is 0. The molecule has 0 saturated carbocycles. The molecule has 0 aliphatic carbocycles. The summed E-state index contributed by atoms with van der Waals surface area (Å²) in [6, 6.07) is 20.6. The summed E-state index contributed by atoms with van der Waals surface area (Å²) in [6.45, 7) is 2.08. The van der Waals surface area contributed by atoms with Crippen molar-refractivity contribution in [3.05, 3.63) is 72.4 Å². The number of benzene rings is 2. The van der Waals surface area contributed by atoms with Gasteiger partial charge >= 0.3 is 0 Å². The molecule has 0 atom stereocenters. The maximum Gasteiger partial charge on any atom is 0.221 e. The van der Waals surface area contributed by atoms with Crippen molar-refractivity contribution in [2.75, 3.05) is 7.11 Å². The second-order valence-electron chi connectivity index (χ2n) is 4.93. The predicted octanol–water partition coefficient (Wildman–Crippen LogP) is 4.73. The summed E-state index contributed by atoms with van der Waals surface area (Å²) in [4.78, 5) is 4.44. The maximum absolute atomic E-state index is 5.51. The van der Waals surface area contributed by atoms with Crippen LogP contribution in [-0.2, 0) is 0 Å². The fourth-order valence-corrected chi connectivity index (χ4v) is 2.59. The van der Waals surface area contributed by atoms with Crippen LogP contribution in [0.15, 0.2) is 66.9 Å². The lowest BCUT2D eigenvalue weighted by Crippen LogP contribution is -1.97. The van der Waals surface area contributed by atoms with Crippen molar-refractivity contribution in [2.45, 2.75) is 6.92 Å². The van der Waals surface area contributed by atoms with Gasteiger partial charge in [-0.3, -0.25) is 0 Å². The standard InChI is InChI=1S/C19H17NO/c1-14-13-20-19(21-2)18(16-11-7-4-8-12-16)17(14)15-9-5-3-6-10-15/h3-13H,1-2H3. The first-order chi connectivity index (χ1) is 10.3. The summed E-state index contributed by atoms with van der Waals surface area (Å²) < 4.78 is 5.51. The molecule has 104 valence electrons. The van der Waals surface area contributed by atoms with Crippen LogP contribution < -0.4 is 4.74 Å². The van der Waals surface area contributed by atoms with Gasteiger partial charge in [0, 0.05) is 6.20 Å². The van der Waals surface area contributed by atoms with Crippen molar-refractivity contribution >= 4 is 0 Å². The lowest BCUT2D eigenvalue weighted by Gasteiger charge is -2.16. The van der Waals surface area contributed by atoms with E-state index in [1.54, 1.807) is 7.11 Å². The fourth-order valence-electron chi connectivity index (χ4n) is 2.59. The lowest BCUT2D eigenvalue weighted by molar-refractivity contribution is 0.399. The van der Waals surface area contributed by atoms with Crippen LogP contribution in [0, 0.1) is 6.92 Å². The quantitative estimate of drug-likeness (QED) is 0.689. The number of ether oxygens (including phenoxy) is 1. The third-order valence-corrected chi connectivity index (χ3v) is 3.55. The molecule has 0 fully saturated rings. The summed E-state index contributed by atoms with van der Waals surface area (Å²) >= 11 is 0. The predicted molar refractivity (Wildman–Crippen MR) is 86.4 cm³/mol. The summed E-state index contributed by atoms with van der Waals surface area (Å²) in [5.74, 6) is 0.658. The van der Waals surface area contributed by atoms with Gasteiger partial charge < -0.3 is 4.74 Å². The van der Waals surface area contributed by atoms with E-state index in [0.717, 1.165) is 16.7 Å². The van der Waals surface area contributed by atoms with Gasteiger partial charge in [-0.25, -0.2) is 4.98 Å². The van der Waals surface area contributed by atoms with Gasteiger partial charge in [-0.2, -0.15) is 0 Å². The van der Waals surface area contributed by atoms with E-state index in [9.17, 15) is 0 Å². The van der Waals surface area contributed by atoms with Crippen molar-refractivity contribution in [3.63, 3.8) is 0 Å². The molecule has 21 heavy (non-hydrogen) atoms. The number of aromatic nitrogens is 1. The maximum atomic E-state index is 5.51.